The van der Waals surface area contributed by atoms with Crippen LogP contribution in [0.2, 0.25) is 0 Å². The van der Waals surface area contributed by atoms with Gasteiger partial charge in [-0.1, -0.05) is 30.3 Å². The number of hydrogen-bond donors (Lipinski definition) is 1. The van der Waals surface area contributed by atoms with E-state index in [4.69, 9.17) is 0 Å². The van der Waals surface area contributed by atoms with E-state index < -0.39 is 0 Å². The maximum absolute atomic E-state index is 12.5. The number of piperidine rings is 1. The molecule has 0 radical (unpaired) electrons. The number of amides is 2. The lowest BCUT2D eigenvalue weighted by atomic mass is 9.96. The predicted octanol–water partition coefficient (Wildman–Crippen LogP) is 3.73. The molecule has 26 heavy (non-hydrogen) atoms. The van der Waals surface area contributed by atoms with Gasteiger partial charge in [-0.15, -0.1) is 11.3 Å². The molecule has 2 aliphatic heterocycles. The molecule has 2 aliphatic rings. The Morgan fingerprint density at radius 2 is 1.88 bits per heavy atom. The third-order valence-corrected chi connectivity index (χ3v) is 6.49. The molecule has 0 saturated carbocycles. The molecule has 4 nitrogen and oxygen atoms in total. The van der Waals surface area contributed by atoms with Crippen molar-refractivity contribution in [3.63, 3.8) is 0 Å². The molecule has 138 valence electrons. The molecule has 2 aromatic rings. The molecule has 0 aliphatic carbocycles. The van der Waals surface area contributed by atoms with Gasteiger partial charge in [0.2, 0.25) is 0 Å². The Labute approximate surface area is 159 Å². The standard InChI is InChI=1S/C21H27N3OS/c25-21(24-12-9-18-4-1-2-5-19(18)15-24)22-14-17-7-10-23(11-8-17)16-20-6-3-13-26-20/h1-6,13,17H,7-12,14-16H2,(H,22,25). The smallest absolute Gasteiger partial charge is 0.317 e. The quantitative estimate of drug-likeness (QED) is 0.891. The number of nitrogens with zero attached hydrogens (tertiary/aromatic N) is 2. The number of benzene rings is 1. The Bertz CT molecular complexity index is 723. The third kappa shape index (κ3) is 4.27. The summed E-state index contributed by atoms with van der Waals surface area (Å²) < 4.78 is 0. The third-order valence-electron chi connectivity index (χ3n) is 5.63. The molecule has 1 aromatic heterocycles. The number of urea groups is 1. The lowest BCUT2D eigenvalue weighted by Gasteiger charge is -2.33. The van der Waals surface area contributed by atoms with Crippen LogP contribution in [0.15, 0.2) is 41.8 Å². The highest BCUT2D eigenvalue weighted by atomic mass is 32.1. The Balaban J connectivity index is 1.20. The lowest BCUT2D eigenvalue weighted by molar-refractivity contribution is 0.167. The second-order valence-corrected chi connectivity index (χ2v) is 8.46. The molecule has 5 heteroatoms. The second-order valence-electron chi connectivity index (χ2n) is 7.43. The van der Waals surface area contributed by atoms with Gasteiger partial charge >= 0.3 is 6.03 Å². The number of carbonyl (C=O) groups is 1. The van der Waals surface area contributed by atoms with E-state index in [2.05, 4.69) is 52.0 Å². The van der Waals surface area contributed by atoms with Gasteiger partial charge in [0.15, 0.2) is 0 Å². The molecule has 0 bridgehead atoms. The number of nitrogens with one attached hydrogen (secondary N) is 1. The highest BCUT2D eigenvalue weighted by Gasteiger charge is 2.23. The van der Waals surface area contributed by atoms with Gasteiger partial charge in [0.05, 0.1) is 0 Å². The highest BCUT2D eigenvalue weighted by Crippen LogP contribution is 2.21. The van der Waals surface area contributed by atoms with Crippen molar-refractivity contribution in [3.05, 3.63) is 57.8 Å². The molecular formula is C21H27N3OS. The molecule has 1 saturated heterocycles. The fraction of sp³-hybridized carbons (Fsp3) is 0.476. The zero-order valence-corrected chi connectivity index (χ0v) is 16.0. The first-order valence-electron chi connectivity index (χ1n) is 9.62. The maximum atomic E-state index is 12.5. The minimum Gasteiger partial charge on any atom is -0.338 e. The van der Waals surface area contributed by atoms with Crippen molar-refractivity contribution >= 4 is 17.4 Å². The zero-order chi connectivity index (χ0) is 17.8. The van der Waals surface area contributed by atoms with E-state index in [9.17, 15) is 4.79 Å². The highest BCUT2D eigenvalue weighted by molar-refractivity contribution is 7.09. The number of fused-ring (bicyclic) bond motifs is 1. The SMILES string of the molecule is O=C(NCC1CCN(Cc2cccs2)CC1)N1CCc2ccccc2C1. The molecular weight excluding hydrogens is 342 g/mol. The van der Waals surface area contributed by atoms with Crippen molar-refractivity contribution in [2.45, 2.75) is 32.4 Å². The van der Waals surface area contributed by atoms with Gasteiger partial charge < -0.3 is 10.2 Å². The number of carbonyl (C=O) groups excluding carboxylic acids is 1. The van der Waals surface area contributed by atoms with Crippen LogP contribution in [-0.2, 0) is 19.5 Å². The van der Waals surface area contributed by atoms with Crippen molar-refractivity contribution in [2.75, 3.05) is 26.2 Å². The van der Waals surface area contributed by atoms with E-state index in [1.54, 1.807) is 0 Å². The fourth-order valence-corrected chi connectivity index (χ4v) is 4.73. The van der Waals surface area contributed by atoms with Crippen LogP contribution >= 0.6 is 11.3 Å². The minimum absolute atomic E-state index is 0.0977. The van der Waals surface area contributed by atoms with Gasteiger partial charge in [-0.25, -0.2) is 4.79 Å². The van der Waals surface area contributed by atoms with Crippen LogP contribution < -0.4 is 5.32 Å². The van der Waals surface area contributed by atoms with Crippen molar-refractivity contribution < 1.29 is 4.79 Å². The van der Waals surface area contributed by atoms with Crippen LogP contribution in [0.25, 0.3) is 0 Å². The summed E-state index contributed by atoms with van der Waals surface area (Å²) in [5.41, 5.74) is 2.67. The van der Waals surface area contributed by atoms with Crippen molar-refractivity contribution in [1.82, 2.24) is 15.1 Å². The summed E-state index contributed by atoms with van der Waals surface area (Å²) in [4.78, 5) is 18.5. The van der Waals surface area contributed by atoms with E-state index in [0.717, 1.165) is 45.7 Å². The lowest BCUT2D eigenvalue weighted by Crippen LogP contribution is -2.45. The molecule has 4 rings (SSSR count). The molecule has 0 spiro atoms. The molecule has 1 N–H and O–H groups in total. The van der Waals surface area contributed by atoms with Crippen LogP contribution in [0.3, 0.4) is 0 Å². The summed E-state index contributed by atoms with van der Waals surface area (Å²) in [5, 5.41) is 5.33. The zero-order valence-electron chi connectivity index (χ0n) is 15.2. The molecule has 2 amide bonds. The van der Waals surface area contributed by atoms with Crippen molar-refractivity contribution in [3.8, 4) is 0 Å². The second kappa shape index (κ2) is 8.23. The van der Waals surface area contributed by atoms with Crippen LogP contribution in [-0.4, -0.2) is 42.0 Å². The van der Waals surface area contributed by atoms with Crippen LogP contribution in [0.5, 0.6) is 0 Å². The maximum Gasteiger partial charge on any atom is 0.317 e. The predicted molar refractivity (Wildman–Crippen MR) is 106 cm³/mol. The number of likely N-dealkylation sites (tertiary alicyclic amines) is 1. The van der Waals surface area contributed by atoms with Crippen molar-refractivity contribution in [1.29, 1.82) is 0 Å². The fourth-order valence-electron chi connectivity index (χ4n) is 3.98. The molecule has 0 unspecified atom stereocenters. The summed E-state index contributed by atoms with van der Waals surface area (Å²) in [6.07, 6.45) is 3.31. The molecule has 0 atom stereocenters. The van der Waals surface area contributed by atoms with Gasteiger partial charge in [-0.3, -0.25) is 4.90 Å². The van der Waals surface area contributed by atoms with E-state index in [1.165, 1.54) is 28.8 Å². The van der Waals surface area contributed by atoms with E-state index in [0.29, 0.717) is 5.92 Å². The topological polar surface area (TPSA) is 35.6 Å². The van der Waals surface area contributed by atoms with E-state index in [1.807, 2.05) is 16.2 Å². The van der Waals surface area contributed by atoms with Crippen LogP contribution in [0.1, 0.15) is 28.8 Å². The van der Waals surface area contributed by atoms with Gasteiger partial charge in [0, 0.05) is 31.1 Å². The number of thiophene rings is 1. The first kappa shape index (κ1) is 17.6. The van der Waals surface area contributed by atoms with Gasteiger partial charge in [0.1, 0.15) is 0 Å². The summed E-state index contributed by atoms with van der Waals surface area (Å²) in [6.45, 7) is 5.71. The summed E-state index contributed by atoms with van der Waals surface area (Å²) >= 11 is 1.84. The molecule has 3 heterocycles. The van der Waals surface area contributed by atoms with Crippen molar-refractivity contribution in [2.24, 2.45) is 5.92 Å². The van der Waals surface area contributed by atoms with Gasteiger partial charge in [-0.05, 0) is 60.8 Å². The normalized spacial score (nSPS) is 18.5. The Kier molecular flexibility index (Phi) is 5.56. The average molecular weight is 370 g/mol. The van der Waals surface area contributed by atoms with Crippen LogP contribution in [0, 0.1) is 5.92 Å². The molecule has 1 fully saturated rings. The number of hydrogen-bond acceptors (Lipinski definition) is 3. The first-order valence-corrected chi connectivity index (χ1v) is 10.5. The van der Waals surface area contributed by atoms with Gasteiger partial charge in [0.25, 0.3) is 0 Å². The Morgan fingerprint density at radius 3 is 2.65 bits per heavy atom. The summed E-state index contributed by atoms with van der Waals surface area (Å²) in [5.74, 6) is 0.607. The number of rotatable bonds is 4. The summed E-state index contributed by atoms with van der Waals surface area (Å²) in [6, 6.07) is 12.9. The monoisotopic (exact) mass is 369 g/mol. The minimum atomic E-state index is 0.0977. The van der Waals surface area contributed by atoms with E-state index >= 15 is 0 Å². The first-order chi connectivity index (χ1) is 12.8. The largest absolute Gasteiger partial charge is 0.338 e. The van der Waals surface area contributed by atoms with Crippen LogP contribution in [0.4, 0.5) is 4.79 Å². The van der Waals surface area contributed by atoms with Gasteiger partial charge in [-0.2, -0.15) is 0 Å². The Hall–Kier alpha value is -1.85. The Morgan fingerprint density at radius 1 is 1.08 bits per heavy atom. The van der Waals surface area contributed by atoms with E-state index in [-0.39, 0.29) is 6.03 Å². The average Bonchev–Trinajstić information content (AvgIpc) is 3.20. The summed E-state index contributed by atoms with van der Waals surface area (Å²) in [7, 11) is 0. The molecule has 1 aromatic carbocycles.